The number of aryl methyl sites for hydroxylation is 2. The lowest BCUT2D eigenvalue weighted by Crippen LogP contribution is -2.42. The number of thiocarbonyl (C=S) groups is 1. The third kappa shape index (κ3) is 4.23. The van der Waals surface area contributed by atoms with Gasteiger partial charge in [-0.05, 0) is 49.9 Å². The Morgan fingerprint density at radius 1 is 1.24 bits per heavy atom. The van der Waals surface area contributed by atoms with Crippen molar-refractivity contribution in [1.82, 2.24) is 4.90 Å². The van der Waals surface area contributed by atoms with Crippen LogP contribution in [0.4, 0.5) is 5.69 Å². The molecular formula is C19H24N2O2S2. The van der Waals surface area contributed by atoms with E-state index in [0.717, 1.165) is 36.9 Å². The number of hydrogen-bond acceptors (Lipinski definition) is 4. The summed E-state index contributed by atoms with van der Waals surface area (Å²) in [5.41, 5.74) is 3.09. The van der Waals surface area contributed by atoms with Crippen LogP contribution in [-0.4, -0.2) is 32.3 Å². The van der Waals surface area contributed by atoms with E-state index in [-0.39, 0.29) is 29.5 Å². The molecule has 4 nitrogen and oxygen atoms in total. The lowest BCUT2D eigenvalue weighted by molar-refractivity contribution is -0.129. The van der Waals surface area contributed by atoms with Crippen LogP contribution in [0.3, 0.4) is 0 Å². The van der Waals surface area contributed by atoms with Gasteiger partial charge in [0.25, 0.3) is 0 Å². The molecule has 25 heavy (non-hydrogen) atoms. The number of thioether (sulfide) groups is 1. The molecule has 2 fully saturated rings. The van der Waals surface area contributed by atoms with Gasteiger partial charge in [0.05, 0.1) is 5.25 Å². The number of rotatable bonds is 4. The van der Waals surface area contributed by atoms with Crippen molar-refractivity contribution in [2.24, 2.45) is 0 Å². The SMILES string of the molecule is Cc1ccc(NC(=O)CC2SC(=S)N(C3CCCCC3)C2=O)cc1C. The van der Waals surface area contributed by atoms with E-state index in [1.54, 1.807) is 4.90 Å². The molecule has 2 aliphatic rings. The number of nitrogens with one attached hydrogen (secondary N) is 1. The molecule has 1 unspecified atom stereocenters. The second kappa shape index (κ2) is 7.87. The molecule has 0 radical (unpaired) electrons. The minimum Gasteiger partial charge on any atom is -0.326 e. The largest absolute Gasteiger partial charge is 0.326 e. The van der Waals surface area contributed by atoms with Crippen LogP contribution < -0.4 is 5.32 Å². The number of carbonyl (C=O) groups excluding carboxylic acids is 2. The average Bonchev–Trinajstić information content (AvgIpc) is 2.85. The molecule has 1 heterocycles. The van der Waals surface area contributed by atoms with Gasteiger partial charge in [-0.2, -0.15) is 0 Å². The Bertz CT molecular complexity index is 699. The van der Waals surface area contributed by atoms with E-state index in [1.165, 1.54) is 23.7 Å². The molecule has 1 saturated heterocycles. The maximum Gasteiger partial charge on any atom is 0.242 e. The summed E-state index contributed by atoms with van der Waals surface area (Å²) < 4.78 is 0.640. The van der Waals surface area contributed by atoms with Crippen LogP contribution in [0.25, 0.3) is 0 Å². The smallest absolute Gasteiger partial charge is 0.242 e. The zero-order valence-corrected chi connectivity index (χ0v) is 16.3. The molecule has 134 valence electrons. The zero-order chi connectivity index (χ0) is 18.0. The van der Waals surface area contributed by atoms with Crippen molar-refractivity contribution in [1.29, 1.82) is 0 Å². The van der Waals surface area contributed by atoms with Crippen LogP contribution in [0.2, 0.25) is 0 Å². The highest BCUT2D eigenvalue weighted by atomic mass is 32.2. The molecule has 1 aliphatic heterocycles. The topological polar surface area (TPSA) is 49.4 Å². The van der Waals surface area contributed by atoms with Crippen LogP contribution in [0.5, 0.6) is 0 Å². The first-order chi connectivity index (χ1) is 12.0. The highest BCUT2D eigenvalue weighted by Crippen LogP contribution is 2.35. The number of amides is 2. The molecule has 1 aromatic rings. The Labute approximate surface area is 158 Å². The highest BCUT2D eigenvalue weighted by molar-refractivity contribution is 8.24. The molecule has 1 atom stereocenters. The zero-order valence-electron chi connectivity index (χ0n) is 14.7. The van der Waals surface area contributed by atoms with Gasteiger partial charge in [-0.1, -0.05) is 49.3 Å². The summed E-state index contributed by atoms with van der Waals surface area (Å²) in [6.07, 6.45) is 5.75. The van der Waals surface area contributed by atoms with Crippen molar-refractivity contribution in [3.63, 3.8) is 0 Å². The summed E-state index contributed by atoms with van der Waals surface area (Å²) in [6, 6.07) is 6.06. The van der Waals surface area contributed by atoms with Gasteiger partial charge in [-0.3, -0.25) is 14.5 Å². The summed E-state index contributed by atoms with van der Waals surface area (Å²) >= 11 is 6.79. The van der Waals surface area contributed by atoms with Crippen molar-refractivity contribution in [2.75, 3.05) is 5.32 Å². The van der Waals surface area contributed by atoms with Gasteiger partial charge >= 0.3 is 0 Å². The minimum absolute atomic E-state index is 0.0112. The molecule has 0 bridgehead atoms. The number of anilines is 1. The number of carbonyl (C=O) groups is 2. The van der Waals surface area contributed by atoms with Crippen molar-refractivity contribution in [3.8, 4) is 0 Å². The second-order valence-corrected chi connectivity index (χ2v) is 8.76. The monoisotopic (exact) mass is 376 g/mol. The molecule has 2 amide bonds. The molecule has 0 spiro atoms. The van der Waals surface area contributed by atoms with E-state index in [4.69, 9.17) is 12.2 Å². The van der Waals surface area contributed by atoms with Crippen molar-refractivity contribution in [2.45, 2.75) is 63.7 Å². The van der Waals surface area contributed by atoms with Gasteiger partial charge in [0.1, 0.15) is 4.32 Å². The number of hydrogen-bond donors (Lipinski definition) is 1. The van der Waals surface area contributed by atoms with Gasteiger partial charge in [-0.25, -0.2) is 0 Å². The molecule has 1 saturated carbocycles. The molecule has 1 N–H and O–H groups in total. The van der Waals surface area contributed by atoms with E-state index in [0.29, 0.717) is 4.32 Å². The normalized spacial score (nSPS) is 21.7. The van der Waals surface area contributed by atoms with Gasteiger partial charge in [0, 0.05) is 18.2 Å². The quantitative estimate of drug-likeness (QED) is 0.801. The van der Waals surface area contributed by atoms with E-state index < -0.39 is 0 Å². The van der Waals surface area contributed by atoms with Crippen LogP contribution in [0.15, 0.2) is 18.2 Å². The van der Waals surface area contributed by atoms with Crippen molar-refractivity contribution >= 4 is 45.8 Å². The lowest BCUT2D eigenvalue weighted by Gasteiger charge is -2.30. The Hall–Kier alpha value is -1.40. The molecule has 0 aromatic heterocycles. The number of nitrogens with zero attached hydrogens (tertiary/aromatic N) is 1. The average molecular weight is 377 g/mol. The molecule has 3 rings (SSSR count). The van der Waals surface area contributed by atoms with Crippen LogP contribution >= 0.6 is 24.0 Å². The highest BCUT2D eigenvalue weighted by Gasteiger charge is 2.41. The van der Waals surface area contributed by atoms with Crippen molar-refractivity contribution in [3.05, 3.63) is 29.3 Å². The van der Waals surface area contributed by atoms with Gasteiger partial charge in [-0.15, -0.1) is 0 Å². The Kier molecular flexibility index (Phi) is 5.79. The first-order valence-corrected chi connectivity index (χ1v) is 10.2. The maximum absolute atomic E-state index is 12.7. The van der Waals surface area contributed by atoms with Gasteiger partial charge in [0.2, 0.25) is 11.8 Å². The predicted molar refractivity (Wildman–Crippen MR) is 107 cm³/mol. The summed E-state index contributed by atoms with van der Waals surface area (Å²) in [7, 11) is 0. The summed E-state index contributed by atoms with van der Waals surface area (Å²) in [5.74, 6) is -0.125. The fraction of sp³-hybridized carbons (Fsp3) is 0.526. The standard InChI is InChI=1S/C19H24N2O2S2/c1-12-8-9-14(10-13(12)2)20-17(22)11-16-18(23)21(19(24)25-16)15-6-4-3-5-7-15/h8-10,15-16H,3-7,11H2,1-2H3,(H,20,22). The summed E-state index contributed by atoms with van der Waals surface area (Å²) in [5, 5.41) is 2.51. The van der Waals surface area contributed by atoms with E-state index >= 15 is 0 Å². The fourth-order valence-electron chi connectivity index (χ4n) is 3.47. The molecule has 1 aliphatic carbocycles. The van der Waals surface area contributed by atoms with Gasteiger partial charge in [0.15, 0.2) is 0 Å². The fourth-order valence-corrected chi connectivity index (χ4v) is 5.10. The van der Waals surface area contributed by atoms with Gasteiger partial charge < -0.3 is 5.32 Å². The third-order valence-corrected chi connectivity index (χ3v) is 6.59. The first kappa shape index (κ1) is 18.4. The summed E-state index contributed by atoms with van der Waals surface area (Å²) in [4.78, 5) is 26.9. The Balaban J connectivity index is 1.60. The van der Waals surface area contributed by atoms with Crippen molar-refractivity contribution < 1.29 is 9.59 Å². The number of benzene rings is 1. The van der Waals surface area contributed by atoms with Crippen LogP contribution in [0.1, 0.15) is 49.7 Å². The minimum atomic E-state index is -0.388. The van der Waals surface area contributed by atoms with Crippen LogP contribution in [-0.2, 0) is 9.59 Å². The molecule has 6 heteroatoms. The first-order valence-electron chi connectivity index (χ1n) is 8.86. The van der Waals surface area contributed by atoms with E-state index in [1.807, 2.05) is 32.0 Å². The summed E-state index contributed by atoms with van der Waals surface area (Å²) in [6.45, 7) is 4.05. The lowest BCUT2D eigenvalue weighted by atomic mass is 9.94. The third-order valence-electron chi connectivity index (χ3n) is 5.05. The second-order valence-electron chi connectivity index (χ2n) is 6.92. The molecular weight excluding hydrogens is 352 g/mol. The molecule has 1 aromatic carbocycles. The maximum atomic E-state index is 12.7. The Morgan fingerprint density at radius 2 is 1.96 bits per heavy atom. The predicted octanol–water partition coefficient (Wildman–Crippen LogP) is 4.19. The van der Waals surface area contributed by atoms with E-state index in [9.17, 15) is 9.59 Å². The Morgan fingerprint density at radius 3 is 2.64 bits per heavy atom. The van der Waals surface area contributed by atoms with E-state index in [2.05, 4.69) is 5.32 Å². The van der Waals surface area contributed by atoms with Crippen LogP contribution in [0, 0.1) is 13.8 Å².